The molecule has 6 aromatic rings. The second kappa shape index (κ2) is 71.9. The molecule has 0 fully saturated rings. The number of nitrogens with zero attached hydrogens (tertiary/aromatic N) is 6. The van der Waals surface area contributed by atoms with Crippen LogP contribution >= 0.6 is 0 Å². The minimum atomic E-state index is -0.376. The quantitative estimate of drug-likeness (QED) is 0.00894. The first-order chi connectivity index (χ1) is 66.7. The number of nitrogen functional groups attached to an aromatic ring is 6. The molecule has 0 aliphatic rings. The minimum Gasteiger partial charge on any atom is -0.493 e. The standard InChI is InChI=1S/4C19H32N2O3.C18H30N2O3.C17H28N2O3/c1-6-7-10-23-18-12-15(20)8-9-17(18)19(22)24-13-16(21(4)5)11-14(2)3;1-6-7-10-23-18-12-15(8-9-17(18)20)19(22)24-13-16(21(4)5)11-14(2)3;1-6-21(7-2)16(11-14(4)5)13-24-19(22)17-10-9-15(20)12-18(17)23-8-3;1-6-21(7-2)16(11-14(4)5)13-24-19(22)15-9-10-17(20)18(12-15)23-8-3;1-6-9-22-17-11-14(7-8-16(17)19)18(21)23-12-15(20(4)5)10-13(2)3;1-6-21-16-10-13(18)7-8-15(16)17(20)22-11-14(19(4)5)9-12(2)3/h2*8-9,12,14,16H,6-7,10-11,13,20H2,1-5H3;2*9-10,12,14,16H,6-8,11,13,20H2,1-5H3;7-8,11,13,15H,6,9-10,12,19H2,1-5H3;7-8,10,12,14H,6,9,11,18H2,1-5H3/t4*16-;15-;14-/m000000/s1. The van der Waals surface area contributed by atoms with E-state index in [0.717, 1.165) is 96.8 Å². The van der Waals surface area contributed by atoms with E-state index in [1.165, 1.54) is 0 Å². The van der Waals surface area contributed by atoms with E-state index in [-0.39, 0.29) is 72.1 Å². The highest BCUT2D eigenvalue weighted by molar-refractivity contribution is 5.95. The van der Waals surface area contributed by atoms with Gasteiger partial charge in [-0.25, -0.2) is 28.8 Å². The molecule has 0 spiro atoms. The Labute approximate surface area is 848 Å². The Hall–Kier alpha value is -10.5. The van der Waals surface area contributed by atoms with E-state index >= 15 is 0 Å². The number of likely N-dealkylation sites (N-methyl/N-ethyl adjacent to an activating group) is 6. The first-order valence-corrected chi connectivity index (χ1v) is 51.0. The smallest absolute Gasteiger partial charge is 0.341 e. The molecule has 141 heavy (non-hydrogen) atoms. The number of esters is 6. The van der Waals surface area contributed by atoms with Crippen LogP contribution in [0, 0.1) is 35.5 Å². The summed E-state index contributed by atoms with van der Waals surface area (Å²) in [4.78, 5) is 87.2. The summed E-state index contributed by atoms with van der Waals surface area (Å²) in [6.45, 7) is 55.6. The van der Waals surface area contributed by atoms with Crippen LogP contribution in [0.2, 0.25) is 0 Å². The summed E-state index contributed by atoms with van der Waals surface area (Å²) < 4.78 is 66.5. The number of anilines is 6. The Morgan fingerprint density at radius 1 is 0.255 bits per heavy atom. The lowest BCUT2D eigenvalue weighted by atomic mass is 10.0. The van der Waals surface area contributed by atoms with Crippen LogP contribution in [0.3, 0.4) is 0 Å². The van der Waals surface area contributed by atoms with Crippen molar-refractivity contribution in [2.45, 2.75) is 259 Å². The SMILES string of the molecule is CCCCOc1cc(C(=O)OC[C@H](CC(C)C)N(C)C)ccc1N.CCCCOc1cc(N)ccc1C(=O)OC[C@H](CC(C)C)N(C)C.CCCOc1cc(C(=O)OC[C@H](CC(C)C)N(C)C)ccc1N.CCOc1cc(C(=O)OC[C@H](CC(C)C)N(CC)CC)ccc1N.CCOc1cc(N)ccc1C(=O)OC[C@H](CC(C)C)N(C)C.CCOc1cc(N)ccc1C(=O)OC[C@H](CC(C)C)N(CC)CC. The van der Waals surface area contributed by atoms with Crippen LogP contribution in [0.1, 0.15) is 285 Å². The summed E-state index contributed by atoms with van der Waals surface area (Å²) in [5.41, 5.74) is 40.9. The number of rotatable bonds is 57. The molecule has 0 aliphatic carbocycles. The van der Waals surface area contributed by atoms with Crippen molar-refractivity contribution >= 4 is 69.9 Å². The predicted molar refractivity (Wildman–Crippen MR) is 577 cm³/mol. The Kier molecular flexibility index (Phi) is 65.5. The summed E-state index contributed by atoms with van der Waals surface area (Å²) in [5, 5.41) is 0. The molecule has 30 heteroatoms. The second-order valence-corrected chi connectivity index (χ2v) is 38.7. The molecule has 0 aromatic heterocycles. The maximum atomic E-state index is 12.5. The van der Waals surface area contributed by atoms with Gasteiger partial charge in [-0.15, -0.1) is 0 Å². The Bertz CT molecular complexity index is 4480. The van der Waals surface area contributed by atoms with Gasteiger partial charge in [-0.05, 0) is 288 Å². The van der Waals surface area contributed by atoms with E-state index in [4.69, 9.17) is 91.2 Å². The normalized spacial score (nSPS) is 12.5. The first kappa shape index (κ1) is 129. The van der Waals surface area contributed by atoms with Gasteiger partial charge in [0, 0.05) is 71.5 Å². The van der Waals surface area contributed by atoms with Gasteiger partial charge in [0.25, 0.3) is 0 Å². The lowest BCUT2D eigenvalue weighted by molar-refractivity contribution is 0.0322. The Morgan fingerprint density at radius 3 is 0.709 bits per heavy atom. The molecule has 0 saturated carbocycles. The number of nitrogens with two attached hydrogens (primary N) is 6. The third-order valence-corrected chi connectivity index (χ3v) is 22.8. The molecular formula is C111H186N12O18. The van der Waals surface area contributed by atoms with E-state index in [9.17, 15) is 28.8 Å². The second-order valence-electron chi connectivity index (χ2n) is 38.7. The number of carbonyl (C=O) groups excluding carboxylic acids is 6. The monoisotopic (exact) mass is 1980 g/mol. The number of benzene rings is 6. The molecule has 0 aliphatic heterocycles. The topological polar surface area (TPSA) is 389 Å². The maximum Gasteiger partial charge on any atom is 0.341 e. The van der Waals surface area contributed by atoms with Gasteiger partial charge >= 0.3 is 35.8 Å². The molecule has 30 nitrogen and oxygen atoms in total. The molecule has 0 bridgehead atoms. The molecule has 6 atom stereocenters. The lowest BCUT2D eigenvalue weighted by Crippen LogP contribution is -2.40. The molecule has 6 rings (SSSR count). The van der Waals surface area contributed by atoms with Crippen molar-refractivity contribution in [1.82, 2.24) is 29.4 Å². The summed E-state index contributed by atoms with van der Waals surface area (Å²) >= 11 is 0. The van der Waals surface area contributed by atoms with Gasteiger partial charge in [0.05, 0.1) is 73.4 Å². The average Bonchev–Trinajstić information content (AvgIpc) is 0.820. The van der Waals surface area contributed by atoms with E-state index in [0.29, 0.717) is 217 Å². The molecule has 12 N–H and O–H groups in total. The highest BCUT2D eigenvalue weighted by atomic mass is 16.6. The molecule has 0 radical (unpaired) electrons. The molecule has 0 heterocycles. The largest absolute Gasteiger partial charge is 0.493 e. The third kappa shape index (κ3) is 52.4. The van der Waals surface area contributed by atoms with Crippen LogP contribution < -0.4 is 62.8 Å². The molecule has 6 aromatic carbocycles. The highest BCUT2D eigenvalue weighted by Gasteiger charge is 2.28. The summed E-state index contributed by atoms with van der Waals surface area (Å²) in [6, 6.07) is 31.4. The number of hydrogen-bond acceptors (Lipinski definition) is 30. The number of unbranched alkanes of at least 4 members (excludes halogenated alkanes) is 2. The summed E-state index contributed by atoms with van der Waals surface area (Å²) in [6.07, 6.45) is 10.7. The first-order valence-electron chi connectivity index (χ1n) is 51.0. The zero-order chi connectivity index (χ0) is 107. The third-order valence-electron chi connectivity index (χ3n) is 22.8. The fourth-order valence-electron chi connectivity index (χ4n) is 14.8. The van der Waals surface area contributed by atoms with Crippen molar-refractivity contribution in [2.24, 2.45) is 35.5 Å². The molecule has 0 amide bonds. The fraction of sp³-hybridized carbons (Fsp3) is 0.622. The van der Waals surface area contributed by atoms with Crippen LogP contribution in [0.15, 0.2) is 109 Å². The van der Waals surface area contributed by atoms with Crippen molar-refractivity contribution in [3.63, 3.8) is 0 Å². The van der Waals surface area contributed by atoms with Crippen LogP contribution in [0.4, 0.5) is 34.1 Å². The number of ether oxygens (including phenoxy) is 12. The molecule has 0 saturated heterocycles. The van der Waals surface area contributed by atoms with Crippen molar-refractivity contribution < 1.29 is 85.6 Å². The van der Waals surface area contributed by atoms with E-state index in [2.05, 4.69) is 154 Å². The zero-order valence-electron chi connectivity index (χ0n) is 91.9. The van der Waals surface area contributed by atoms with E-state index < -0.39 is 0 Å². The Morgan fingerprint density at radius 2 is 0.475 bits per heavy atom. The van der Waals surface area contributed by atoms with Gasteiger partial charge in [-0.1, -0.05) is 144 Å². The number of hydrogen-bond donors (Lipinski definition) is 6. The average molecular weight is 1980 g/mol. The zero-order valence-corrected chi connectivity index (χ0v) is 91.9. The summed E-state index contributed by atoms with van der Waals surface area (Å²) in [7, 11) is 16.0. The van der Waals surface area contributed by atoms with Gasteiger partial charge in [0.15, 0.2) is 0 Å². The lowest BCUT2D eigenvalue weighted by Gasteiger charge is -2.30. The maximum absolute atomic E-state index is 12.5. The fourth-order valence-corrected chi connectivity index (χ4v) is 14.8. The van der Waals surface area contributed by atoms with Gasteiger partial charge in [0.2, 0.25) is 0 Å². The van der Waals surface area contributed by atoms with Crippen molar-refractivity contribution in [2.75, 3.05) is 196 Å². The van der Waals surface area contributed by atoms with Gasteiger partial charge in [-0.3, -0.25) is 9.80 Å². The van der Waals surface area contributed by atoms with Crippen LogP contribution in [-0.4, -0.2) is 263 Å². The van der Waals surface area contributed by atoms with Crippen LogP contribution in [0.5, 0.6) is 34.5 Å². The van der Waals surface area contributed by atoms with E-state index in [1.807, 2.05) is 84.1 Å². The number of carbonyl (C=O) groups is 6. The summed E-state index contributed by atoms with van der Waals surface area (Å²) in [5.74, 6) is 4.20. The van der Waals surface area contributed by atoms with Crippen LogP contribution in [0.25, 0.3) is 0 Å². The molecule has 798 valence electrons. The van der Waals surface area contributed by atoms with E-state index in [1.54, 1.807) is 109 Å². The van der Waals surface area contributed by atoms with Crippen molar-refractivity contribution in [3.8, 4) is 34.5 Å². The highest BCUT2D eigenvalue weighted by Crippen LogP contribution is 2.31. The molecule has 0 unspecified atom stereocenters. The Balaban J connectivity index is 0.000000846. The predicted octanol–water partition coefficient (Wildman–Crippen LogP) is 20.3. The van der Waals surface area contributed by atoms with Crippen molar-refractivity contribution in [3.05, 3.63) is 143 Å². The van der Waals surface area contributed by atoms with Gasteiger partial charge in [-0.2, -0.15) is 0 Å². The minimum absolute atomic E-state index is 0.201. The van der Waals surface area contributed by atoms with Gasteiger partial charge in [0.1, 0.15) is 90.8 Å². The van der Waals surface area contributed by atoms with Crippen LogP contribution in [-0.2, 0) is 28.4 Å². The van der Waals surface area contributed by atoms with Gasteiger partial charge < -0.3 is 111 Å². The van der Waals surface area contributed by atoms with Crippen molar-refractivity contribution in [1.29, 1.82) is 0 Å². The molecular weight excluding hydrogens is 1790 g/mol.